The van der Waals surface area contributed by atoms with Crippen LogP contribution in [0.3, 0.4) is 0 Å². The van der Waals surface area contributed by atoms with Gasteiger partial charge in [-0.1, -0.05) is 6.07 Å². The maximum Gasteiger partial charge on any atom is 0.125 e. The first kappa shape index (κ1) is 9.34. The van der Waals surface area contributed by atoms with Crippen LogP contribution in [0.5, 0.6) is 11.5 Å². The zero-order chi connectivity index (χ0) is 9.97. The van der Waals surface area contributed by atoms with E-state index in [1.807, 2.05) is 0 Å². The Morgan fingerprint density at radius 1 is 1.14 bits per heavy atom. The predicted molar refractivity (Wildman–Crippen MR) is 52.3 cm³/mol. The van der Waals surface area contributed by atoms with Crippen molar-refractivity contribution >= 4 is 0 Å². The molecule has 1 saturated heterocycles. The van der Waals surface area contributed by atoms with E-state index < -0.39 is 0 Å². The number of ether oxygens (including phenoxy) is 1. The SMILES string of the molecule is Oc1cccc(O)c1C1CCCCO1. The third-order valence-corrected chi connectivity index (χ3v) is 2.56. The average Bonchev–Trinajstić information content (AvgIpc) is 2.19. The average molecular weight is 194 g/mol. The summed E-state index contributed by atoms with van der Waals surface area (Å²) in [7, 11) is 0. The third kappa shape index (κ3) is 1.68. The molecule has 76 valence electrons. The number of phenolic OH excluding ortho intramolecular Hbond substituents is 2. The normalized spacial score (nSPS) is 22.1. The Hall–Kier alpha value is -1.22. The molecule has 0 aromatic heterocycles. The highest BCUT2D eigenvalue weighted by molar-refractivity contribution is 5.44. The Balaban J connectivity index is 2.29. The van der Waals surface area contributed by atoms with E-state index in [1.54, 1.807) is 18.2 Å². The summed E-state index contributed by atoms with van der Waals surface area (Å²) in [6, 6.07) is 4.77. The molecule has 0 spiro atoms. The van der Waals surface area contributed by atoms with Crippen LogP contribution < -0.4 is 0 Å². The van der Waals surface area contributed by atoms with Crippen molar-refractivity contribution in [1.29, 1.82) is 0 Å². The molecule has 2 rings (SSSR count). The summed E-state index contributed by atoms with van der Waals surface area (Å²) in [6.45, 7) is 0.707. The van der Waals surface area contributed by atoms with Crippen LogP contribution in [0.2, 0.25) is 0 Å². The molecular formula is C11H14O3. The van der Waals surface area contributed by atoms with Crippen molar-refractivity contribution in [2.24, 2.45) is 0 Å². The van der Waals surface area contributed by atoms with Crippen LogP contribution in [0, 0.1) is 0 Å². The van der Waals surface area contributed by atoms with Gasteiger partial charge in [-0.15, -0.1) is 0 Å². The molecule has 1 aliphatic rings. The van der Waals surface area contributed by atoms with Crippen LogP contribution in [-0.4, -0.2) is 16.8 Å². The van der Waals surface area contributed by atoms with E-state index in [2.05, 4.69) is 0 Å². The lowest BCUT2D eigenvalue weighted by Crippen LogP contribution is -2.11. The highest BCUT2D eigenvalue weighted by Gasteiger charge is 2.22. The van der Waals surface area contributed by atoms with Crippen LogP contribution >= 0.6 is 0 Å². The van der Waals surface area contributed by atoms with Gasteiger partial charge in [-0.05, 0) is 31.4 Å². The van der Waals surface area contributed by atoms with E-state index in [4.69, 9.17) is 4.74 Å². The second-order valence-corrected chi connectivity index (χ2v) is 3.57. The fourth-order valence-corrected chi connectivity index (χ4v) is 1.84. The maximum absolute atomic E-state index is 9.60. The Bertz CT molecular complexity index is 296. The summed E-state index contributed by atoms with van der Waals surface area (Å²) in [6.07, 6.45) is 2.86. The first-order valence-corrected chi connectivity index (χ1v) is 4.91. The molecule has 1 aliphatic heterocycles. The lowest BCUT2D eigenvalue weighted by atomic mass is 10.00. The molecule has 1 fully saturated rings. The van der Waals surface area contributed by atoms with Gasteiger partial charge in [0.25, 0.3) is 0 Å². The van der Waals surface area contributed by atoms with Crippen LogP contribution in [0.4, 0.5) is 0 Å². The first-order chi connectivity index (χ1) is 6.79. The van der Waals surface area contributed by atoms with Gasteiger partial charge in [0.05, 0.1) is 11.7 Å². The van der Waals surface area contributed by atoms with Gasteiger partial charge >= 0.3 is 0 Å². The van der Waals surface area contributed by atoms with E-state index in [0.29, 0.717) is 12.2 Å². The van der Waals surface area contributed by atoms with Gasteiger partial charge in [0, 0.05) is 6.61 Å². The Morgan fingerprint density at radius 2 is 1.86 bits per heavy atom. The number of aromatic hydroxyl groups is 2. The smallest absolute Gasteiger partial charge is 0.125 e. The van der Waals surface area contributed by atoms with Crippen molar-refractivity contribution < 1.29 is 14.9 Å². The summed E-state index contributed by atoms with van der Waals surface area (Å²) in [4.78, 5) is 0. The van der Waals surface area contributed by atoms with Crippen LogP contribution in [-0.2, 0) is 4.74 Å². The van der Waals surface area contributed by atoms with Gasteiger partial charge in [-0.2, -0.15) is 0 Å². The van der Waals surface area contributed by atoms with E-state index >= 15 is 0 Å². The minimum atomic E-state index is -0.148. The summed E-state index contributed by atoms with van der Waals surface area (Å²) < 4.78 is 5.51. The Morgan fingerprint density at radius 3 is 2.43 bits per heavy atom. The minimum Gasteiger partial charge on any atom is -0.507 e. The van der Waals surface area contributed by atoms with Crippen molar-refractivity contribution in [3.63, 3.8) is 0 Å². The fraction of sp³-hybridized carbons (Fsp3) is 0.455. The highest BCUT2D eigenvalue weighted by atomic mass is 16.5. The van der Waals surface area contributed by atoms with E-state index in [1.165, 1.54) is 0 Å². The molecule has 1 heterocycles. The van der Waals surface area contributed by atoms with Gasteiger partial charge in [-0.25, -0.2) is 0 Å². The Labute approximate surface area is 83.0 Å². The summed E-state index contributed by atoms with van der Waals surface area (Å²) in [5.74, 6) is 0.244. The molecule has 0 bridgehead atoms. The van der Waals surface area contributed by atoms with Crippen molar-refractivity contribution in [1.82, 2.24) is 0 Å². The van der Waals surface area contributed by atoms with E-state index in [-0.39, 0.29) is 17.6 Å². The Kier molecular flexibility index (Phi) is 2.59. The molecule has 1 aromatic carbocycles. The molecule has 1 atom stereocenters. The molecule has 14 heavy (non-hydrogen) atoms. The standard InChI is InChI=1S/C11H14O3/c12-8-4-3-5-9(13)11(8)10-6-1-2-7-14-10/h3-5,10,12-13H,1-2,6-7H2. The second-order valence-electron chi connectivity index (χ2n) is 3.57. The largest absolute Gasteiger partial charge is 0.507 e. The van der Waals surface area contributed by atoms with Crippen molar-refractivity contribution in [2.75, 3.05) is 6.61 Å². The van der Waals surface area contributed by atoms with Crippen LogP contribution in [0.15, 0.2) is 18.2 Å². The number of hydrogen-bond acceptors (Lipinski definition) is 3. The third-order valence-electron chi connectivity index (χ3n) is 2.56. The minimum absolute atomic E-state index is 0.122. The van der Waals surface area contributed by atoms with Crippen LogP contribution in [0.25, 0.3) is 0 Å². The van der Waals surface area contributed by atoms with E-state index in [0.717, 1.165) is 19.3 Å². The lowest BCUT2D eigenvalue weighted by molar-refractivity contribution is 0.0123. The fourth-order valence-electron chi connectivity index (χ4n) is 1.84. The summed E-state index contributed by atoms with van der Waals surface area (Å²) in [5.41, 5.74) is 0.534. The zero-order valence-electron chi connectivity index (χ0n) is 7.94. The number of benzene rings is 1. The summed E-state index contributed by atoms with van der Waals surface area (Å²) >= 11 is 0. The number of hydrogen-bond donors (Lipinski definition) is 2. The molecule has 0 aliphatic carbocycles. The molecule has 3 heteroatoms. The molecule has 2 N–H and O–H groups in total. The van der Waals surface area contributed by atoms with Gasteiger partial charge in [-0.3, -0.25) is 0 Å². The topological polar surface area (TPSA) is 49.7 Å². The van der Waals surface area contributed by atoms with Gasteiger partial charge in [0.15, 0.2) is 0 Å². The lowest BCUT2D eigenvalue weighted by Gasteiger charge is -2.24. The quantitative estimate of drug-likeness (QED) is 0.721. The summed E-state index contributed by atoms with van der Waals surface area (Å²) in [5, 5.41) is 19.2. The molecular weight excluding hydrogens is 180 g/mol. The van der Waals surface area contributed by atoms with E-state index in [9.17, 15) is 10.2 Å². The van der Waals surface area contributed by atoms with Gasteiger partial charge < -0.3 is 14.9 Å². The predicted octanol–water partition coefficient (Wildman–Crippen LogP) is 2.34. The first-order valence-electron chi connectivity index (χ1n) is 4.91. The molecule has 3 nitrogen and oxygen atoms in total. The van der Waals surface area contributed by atoms with Crippen molar-refractivity contribution in [3.05, 3.63) is 23.8 Å². The van der Waals surface area contributed by atoms with Crippen molar-refractivity contribution in [3.8, 4) is 11.5 Å². The number of rotatable bonds is 1. The molecule has 0 radical (unpaired) electrons. The van der Waals surface area contributed by atoms with Gasteiger partial charge in [0.2, 0.25) is 0 Å². The molecule has 0 saturated carbocycles. The van der Waals surface area contributed by atoms with Crippen LogP contribution in [0.1, 0.15) is 30.9 Å². The monoisotopic (exact) mass is 194 g/mol. The number of phenols is 2. The molecule has 0 amide bonds. The second kappa shape index (κ2) is 3.88. The highest BCUT2D eigenvalue weighted by Crippen LogP contribution is 2.38. The molecule has 1 unspecified atom stereocenters. The maximum atomic E-state index is 9.60. The van der Waals surface area contributed by atoms with Crippen molar-refractivity contribution in [2.45, 2.75) is 25.4 Å². The molecule has 1 aromatic rings. The van der Waals surface area contributed by atoms with Gasteiger partial charge in [0.1, 0.15) is 11.5 Å². The zero-order valence-corrected chi connectivity index (χ0v) is 7.94.